The van der Waals surface area contributed by atoms with Gasteiger partial charge >= 0.3 is 0 Å². The lowest BCUT2D eigenvalue weighted by Gasteiger charge is -2.36. The molecule has 0 spiro atoms. The van der Waals surface area contributed by atoms with Gasteiger partial charge in [0.15, 0.2) is 11.4 Å². The predicted molar refractivity (Wildman–Crippen MR) is 174 cm³/mol. The minimum Gasteiger partial charge on any atom is -0.392 e. The van der Waals surface area contributed by atoms with Crippen LogP contribution in [0, 0.1) is 0 Å². The van der Waals surface area contributed by atoms with Crippen LogP contribution in [0.2, 0.25) is 0 Å². The maximum Gasteiger partial charge on any atom is 0.261 e. The van der Waals surface area contributed by atoms with Crippen molar-refractivity contribution in [1.29, 1.82) is 0 Å². The van der Waals surface area contributed by atoms with E-state index in [9.17, 15) is 14.7 Å². The average molecular weight is 630 g/mol. The number of aliphatic hydroxyl groups excluding tert-OH is 1. The van der Waals surface area contributed by atoms with Crippen LogP contribution in [0.5, 0.6) is 0 Å². The van der Waals surface area contributed by atoms with Gasteiger partial charge < -0.3 is 14.6 Å². The molecule has 230 valence electrons. The quantitative estimate of drug-likeness (QED) is 0.108. The van der Waals surface area contributed by atoms with Crippen molar-refractivity contribution in [2.24, 2.45) is 0 Å². The van der Waals surface area contributed by atoms with Gasteiger partial charge in [0.05, 0.1) is 36.5 Å². The molecule has 1 fully saturated rings. The molecule has 7 rings (SSSR count). The van der Waals surface area contributed by atoms with Gasteiger partial charge in [0.25, 0.3) is 11.8 Å². The molecule has 1 N–H and O–H groups in total. The Bertz CT molecular complexity index is 1810. The fraction of sp³-hybridized carbons (Fsp3) is 0.189. The number of carbonyl (C=O) groups is 2. The van der Waals surface area contributed by atoms with Crippen LogP contribution in [0.4, 0.5) is 0 Å². The molecule has 46 heavy (non-hydrogen) atoms. The van der Waals surface area contributed by atoms with Gasteiger partial charge in [0.1, 0.15) is 0 Å². The summed E-state index contributed by atoms with van der Waals surface area (Å²) in [5.74, 6) is 0.118. The van der Waals surface area contributed by atoms with Crippen molar-refractivity contribution in [2.75, 3.05) is 5.75 Å². The van der Waals surface area contributed by atoms with Gasteiger partial charge in [-0.25, -0.2) is 9.97 Å². The predicted octanol–water partition coefficient (Wildman–Crippen LogP) is 6.77. The monoisotopic (exact) mass is 629 g/mol. The molecule has 8 nitrogen and oxygen atoms in total. The summed E-state index contributed by atoms with van der Waals surface area (Å²) >= 11 is 1.55. The summed E-state index contributed by atoms with van der Waals surface area (Å²) in [6.07, 6.45) is 3.21. The Labute approximate surface area is 271 Å². The van der Waals surface area contributed by atoms with Crippen molar-refractivity contribution in [3.8, 4) is 11.1 Å². The van der Waals surface area contributed by atoms with E-state index in [1.54, 1.807) is 54.5 Å². The van der Waals surface area contributed by atoms with Gasteiger partial charge in [-0.3, -0.25) is 14.5 Å². The second kappa shape index (κ2) is 13.4. The number of rotatable bonds is 9. The lowest BCUT2D eigenvalue weighted by atomic mass is 9.97. The van der Waals surface area contributed by atoms with Crippen LogP contribution in [-0.2, 0) is 22.6 Å². The van der Waals surface area contributed by atoms with Gasteiger partial charge in [0.2, 0.25) is 0 Å². The standard InChI is InChI=1S/C37H31N3O5S/c41-22-24-10-12-26(13-11-24)33-20-29(23-46-37-38-18-5-19-39-37)44-36(45-33)27-16-14-25(15-17-27)30-7-2-1-6-28(30)21-40-34(42)31-8-3-4-9-32(31)35(40)43/h1-19,29,33,36,41H,20-23H2/t29-,33+,36+/m1/s1. The number of ether oxygens (including phenoxy) is 2. The Morgan fingerprint density at radius 1 is 0.739 bits per heavy atom. The molecule has 2 aliphatic rings. The molecule has 0 bridgehead atoms. The van der Waals surface area contributed by atoms with Crippen LogP contribution >= 0.6 is 11.8 Å². The summed E-state index contributed by atoms with van der Waals surface area (Å²) in [5, 5.41) is 10.2. The number of thioether (sulfide) groups is 1. The molecule has 0 unspecified atom stereocenters. The smallest absolute Gasteiger partial charge is 0.261 e. The third-order valence-corrected chi connectivity index (χ3v) is 9.28. The van der Waals surface area contributed by atoms with Crippen LogP contribution in [0.3, 0.4) is 0 Å². The fourth-order valence-corrected chi connectivity index (χ4v) is 6.68. The summed E-state index contributed by atoms with van der Waals surface area (Å²) in [4.78, 5) is 36.1. The highest BCUT2D eigenvalue weighted by atomic mass is 32.2. The van der Waals surface area contributed by atoms with Gasteiger partial charge in [0, 0.05) is 30.1 Å². The second-order valence-electron chi connectivity index (χ2n) is 11.2. The van der Waals surface area contributed by atoms with E-state index >= 15 is 0 Å². The number of hydrogen-bond acceptors (Lipinski definition) is 8. The molecular weight excluding hydrogens is 598 g/mol. The third-order valence-electron chi connectivity index (χ3n) is 8.27. The Kier molecular flexibility index (Phi) is 8.72. The first-order valence-electron chi connectivity index (χ1n) is 15.1. The summed E-state index contributed by atoms with van der Waals surface area (Å²) in [6, 6.07) is 32.4. The molecule has 9 heteroatoms. The SMILES string of the molecule is O=C1c2ccccc2C(=O)N1Cc1ccccc1-c1ccc([C@H]2O[C@@H](CSc3ncccn3)C[C@@H](c3ccc(CO)cc3)O2)cc1. The molecule has 4 aromatic carbocycles. The van der Waals surface area contributed by atoms with Crippen molar-refractivity contribution < 1.29 is 24.2 Å². The zero-order chi connectivity index (χ0) is 31.5. The van der Waals surface area contributed by atoms with E-state index < -0.39 is 6.29 Å². The largest absolute Gasteiger partial charge is 0.392 e. The van der Waals surface area contributed by atoms with Crippen molar-refractivity contribution in [1.82, 2.24) is 14.9 Å². The maximum atomic E-state index is 13.1. The molecule has 0 radical (unpaired) electrons. The Morgan fingerprint density at radius 2 is 1.37 bits per heavy atom. The normalized spacial score (nSPS) is 19.3. The molecule has 2 aliphatic heterocycles. The van der Waals surface area contributed by atoms with Crippen LogP contribution in [0.15, 0.2) is 121 Å². The lowest BCUT2D eigenvalue weighted by Crippen LogP contribution is -2.31. The molecule has 3 heterocycles. The Balaban J connectivity index is 1.11. The first-order valence-corrected chi connectivity index (χ1v) is 16.1. The number of benzene rings is 4. The molecule has 2 amide bonds. The summed E-state index contributed by atoms with van der Waals surface area (Å²) < 4.78 is 13.0. The number of aromatic nitrogens is 2. The van der Waals surface area contributed by atoms with Crippen LogP contribution in [0.1, 0.15) is 61.8 Å². The highest BCUT2D eigenvalue weighted by Crippen LogP contribution is 2.40. The molecule has 0 saturated carbocycles. The molecular formula is C37H31N3O5S. The zero-order valence-electron chi connectivity index (χ0n) is 24.9. The van der Waals surface area contributed by atoms with Gasteiger partial charge in [-0.1, -0.05) is 96.7 Å². The van der Waals surface area contributed by atoms with Gasteiger partial charge in [-0.15, -0.1) is 0 Å². The van der Waals surface area contributed by atoms with Crippen molar-refractivity contribution in [2.45, 2.75) is 43.2 Å². The zero-order valence-corrected chi connectivity index (χ0v) is 25.7. The van der Waals surface area contributed by atoms with Crippen LogP contribution < -0.4 is 0 Å². The number of amides is 2. The van der Waals surface area contributed by atoms with E-state index in [2.05, 4.69) is 9.97 Å². The van der Waals surface area contributed by atoms with Gasteiger partial charge in [-0.05, 0) is 46.0 Å². The summed E-state index contributed by atoms with van der Waals surface area (Å²) in [7, 11) is 0. The third kappa shape index (κ3) is 6.23. The number of fused-ring (bicyclic) bond motifs is 1. The number of carbonyl (C=O) groups excluding carboxylic acids is 2. The highest BCUT2D eigenvalue weighted by Gasteiger charge is 2.36. The van der Waals surface area contributed by atoms with E-state index in [0.717, 1.165) is 33.4 Å². The van der Waals surface area contributed by atoms with E-state index in [4.69, 9.17) is 9.47 Å². The molecule has 1 aromatic heterocycles. The topological polar surface area (TPSA) is 102 Å². The molecule has 0 aliphatic carbocycles. The Morgan fingerprint density at radius 3 is 2.04 bits per heavy atom. The first-order chi connectivity index (χ1) is 22.6. The van der Waals surface area contributed by atoms with Crippen molar-refractivity contribution >= 4 is 23.6 Å². The van der Waals surface area contributed by atoms with E-state index in [0.29, 0.717) is 28.5 Å². The van der Waals surface area contributed by atoms with E-state index in [1.165, 1.54) is 4.90 Å². The van der Waals surface area contributed by atoms with Gasteiger partial charge in [-0.2, -0.15) is 0 Å². The fourth-order valence-electron chi connectivity index (χ4n) is 5.86. The first kappa shape index (κ1) is 30.0. The highest BCUT2D eigenvalue weighted by molar-refractivity contribution is 7.99. The minimum atomic E-state index is -0.596. The maximum absolute atomic E-state index is 13.1. The summed E-state index contributed by atoms with van der Waals surface area (Å²) in [6.45, 7) is 0.169. The number of hydrogen-bond donors (Lipinski definition) is 1. The van der Waals surface area contributed by atoms with E-state index in [1.807, 2.05) is 72.8 Å². The van der Waals surface area contributed by atoms with Crippen LogP contribution in [0.25, 0.3) is 11.1 Å². The Hall–Kier alpha value is -4.67. The molecule has 3 atom stereocenters. The van der Waals surface area contributed by atoms with Crippen molar-refractivity contribution in [3.63, 3.8) is 0 Å². The molecule has 5 aromatic rings. The number of nitrogens with zero attached hydrogens (tertiary/aromatic N) is 3. The minimum absolute atomic E-state index is 0.0122. The van der Waals surface area contributed by atoms with Crippen molar-refractivity contribution in [3.05, 3.63) is 149 Å². The second-order valence-corrected chi connectivity index (χ2v) is 12.2. The lowest BCUT2D eigenvalue weighted by molar-refractivity contribution is -0.245. The summed E-state index contributed by atoms with van der Waals surface area (Å²) in [5.41, 5.74) is 6.40. The number of aliphatic hydroxyl groups is 1. The number of imide groups is 1. The van der Waals surface area contributed by atoms with E-state index in [-0.39, 0.29) is 37.2 Å². The average Bonchev–Trinajstić information content (AvgIpc) is 3.36. The van der Waals surface area contributed by atoms with Crippen LogP contribution in [-0.4, -0.2) is 43.6 Å². The molecule has 1 saturated heterocycles.